The summed E-state index contributed by atoms with van der Waals surface area (Å²) in [7, 11) is 0. The Bertz CT molecular complexity index is 668. The summed E-state index contributed by atoms with van der Waals surface area (Å²) in [5.74, 6) is -5.25. The van der Waals surface area contributed by atoms with E-state index in [0.717, 1.165) is 11.6 Å². The van der Waals surface area contributed by atoms with Crippen molar-refractivity contribution in [1.29, 1.82) is 0 Å². The molecule has 0 radical (unpaired) electrons. The first-order chi connectivity index (χ1) is 8.91. The first-order valence-corrected chi connectivity index (χ1v) is 5.74. The molecule has 19 heavy (non-hydrogen) atoms. The van der Waals surface area contributed by atoms with Crippen LogP contribution in [0, 0.1) is 24.4 Å². The largest absolute Gasteiger partial charge is 0.288 e. The summed E-state index contributed by atoms with van der Waals surface area (Å²) in [5, 5.41) is 0.342. The lowest BCUT2D eigenvalue weighted by molar-refractivity contribution is 0.103. The molecule has 0 spiro atoms. The van der Waals surface area contributed by atoms with Gasteiger partial charge in [-0.15, -0.1) is 0 Å². The van der Waals surface area contributed by atoms with Gasteiger partial charge in [0.2, 0.25) is 0 Å². The highest BCUT2D eigenvalue weighted by molar-refractivity contribution is 6.31. The zero-order valence-electron chi connectivity index (χ0n) is 9.81. The lowest BCUT2D eigenvalue weighted by Crippen LogP contribution is -2.07. The van der Waals surface area contributed by atoms with Crippen molar-refractivity contribution in [2.45, 2.75) is 6.92 Å². The molecular weight excluding hydrogens is 277 g/mol. The number of halogens is 4. The van der Waals surface area contributed by atoms with Gasteiger partial charge in [-0.25, -0.2) is 13.2 Å². The van der Waals surface area contributed by atoms with Gasteiger partial charge in [0, 0.05) is 10.6 Å². The van der Waals surface area contributed by atoms with Gasteiger partial charge in [0.05, 0.1) is 5.56 Å². The quantitative estimate of drug-likeness (QED) is 0.594. The third-order valence-electron chi connectivity index (χ3n) is 2.71. The molecule has 0 heterocycles. The van der Waals surface area contributed by atoms with E-state index < -0.39 is 28.8 Å². The highest BCUT2D eigenvalue weighted by Gasteiger charge is 2.20. The molecule has 0 saturated heterocycles. The molecule has 2 rings (SSSR count). The van der Waals surface area contributed by atoms with Crippen LogP contribution in [0.4, 0.5) is 13.2 Å². The van der Waals surface area contributed by atoms with Gasteiger partial charge in [-0.05, 0) is 30.7 Å². The van der Waals surface area contributed by atoms with Crippen LogP contribution >= 0.6 is 11.6 Å². The van der Waals surface area contributed by atoms with Crippen LogP contribution in [0.25, 0.3) is 0 Å². The van der Waals surface area contributed by atoms with Gasteiger partial charge in [0.15, 0.2) is 23.2 Å². The van der Waals surface area contributed by atoms with Crippen molar-refractivity contribution >= 4 is 17.4 Å². The van der Waals surface area contributed by atoms with E-state index in [9.17, 15) is 18.0 Å². The lowest BCUT2D eigenvalue weighted by Gasteiger charge is -2.05. The first-order valence-electron chi connectivity index (χ1n) is 5.36. The molecular formula is C14H8ClF3O. The predicted molar refractivity (Wildman–Crippen MR) is 65.9 cm³/mol. The number of carbonyl (C=O) groups is 1. The van der Waals surface area contributed by atoms with Gasteiger partial charge < -0.3 is 0 Å². The molecule has 0 aliphatic heterocycles. The smallest absolute Gasteiger partial charge is 0.196 e. The van der Waals surface area contributed by atoms with Crippen molar-refractivity contribution in [2.75, 3.05) is 0 Å². The normalized spacial score (nSPS) is 10.6. The number of hydrogen-bond acceptors (Lipinski definition) is 1. The van der Waals surface area contributed by atoms with Gasteiger partial charge in [0.1, 0.15) is 0 Å². The first kappa shape index (κ1) is 13.6. The van der Waals surface area contributed by atoms with Crippen molar-refractivity contribution < 1.29 is 18.0 Å². The highest BCUT2D eigenvalue weighted by Crippen LogP contribution is 2.22. The number of aryl methyl sites for hydroxylation is 1. The van der Waals surface area contributed by atoms with Crippen LogP contribution in [0.1, 0.15) is 21.5 Å². The average Bonchev–Trinajstić information content (AvgIpc) is 2.39. The van der Waals surface area contributed by atoms with E-state index in [1.807, 2.05) is 0 Å². The molecule has 0 fully saturated rings. The zero-order chi connectivity index (χ0) is 14.2. The van der Waals surface area contributed by atoms with E-state index in [2.05, 4.69) is 0 Å². The average molecular weight is 285 g/mol. The van der Waals surface area contributed by atoms with Crippen molar-refractivity contribution in [1.82, 2.24) is 0 Å². The maximum absolute atomic E-state index is 13.5. The van der Waals surface area contributed by atoms with Gasteiger partial charge in [-0.1, -0.05) is 23.7 Å². The number of ketones is 1. The van der Waals surface area contributed by atoms with Gasteiger partial charge in [0.25, 0.3) is 0 Å². The standard InChI is InChI=1S/C14H8ClF3O/c1-7-2-3-8(6-10(7)15)14(19)9-4-5-11(16)13(18)12(9)17/h2-6H,1H3. The fourth-order valence-electron chi connectivity index (χ4n) is 1.59. The maximum atomic E-state index is 13.5. The lowest BCUT2D eigenvalue weighted by atomic mass is 10.0. The van der Waals surface area contributed by atoms with Gasteiger partial charge in [-0.3, -0.25) is 4.79 Å². The SMILES string of the molecule is Cc1ccc(C(=O)c2ccc(F)c(F)c2F)cc1Cl. The monoisotopic (exact) mass is 284 g/mol. The topological polar surface area (TPSA) is 17.1 Å². The second-order valence-corrected chi connectivity index (χ2v) is 4.42. The van der Waals surface area contributed by atoms with E-state index in [4.69, 9.17) is 11.6 Å². The third kappa shape index (κ3) is 2.49. The van der Waals surface area contributed by atoms with Crippen LogP contribution in [0.15, 0.2) is 30.3 Å². The summed E-state index contributed by atoms with van der Waals surface area (Å²) in [5.41, 5.74) is 0.336. The molecule has 0 aliphatic carbocycles. The van der Waals surface area contributed by atoms with Crippen LogP contribution in [0.5, 0.6) is 0 Å². The molecule has 0 saturated carbocycles. The second-order valence-electron chi connectivity index (χ2n) is 4.02. The summed E-state index contributed by atoms with van der Waals surface area (Å²) in [6, 6.07) is 6.02. The van der Waals surface area contributed by atoms with Crippen LogP contribution in [0.3, 0.4) is 0 Å². The number of benzene rings is 2. The van der Waals surface area contributed by atoms with E-state index in [1.165, 1.54) is 12.1 Å². The van der Waals surface area contributed by atoms with E-state index in [-0.39, 0.29) is 5.56 Å². The molecule has 0 bridgehead atoms. The molecule has 98 valence electrons. The van der Waals surface area contributed by atoms with E-state index >= 15 is 0 Å². The fourth-order valence-corrected chi connectivity index (χ4v) is 1.77. The Balaban J connectivity index is 2.50. The molecule has 0 N–H and O–H groups in total. The summed E-state index contributed by atoms with van der Waals surface area (Å²) in [6.45, 7) is 1.74. The van der Waals surface area contributed by atoms with Crippen molar-refractivity contribution in [2.24, 2.45) is 0 Å². The summed E-state index contributed by atoms with van der Waals surface area (Å²) >= 11 is 5.86. The van der Waals surface area contributed by atoms with Crippen LogP contribution in [0.2, 0.25) is 5.02 Å². The number of rotatable bonds is 2. The van der Waals surface area contributed by atoms with Crippen molar-refractivity contribution in [3.8, 4) is 0 Å². The second kappa shape index (κ2) is 5.05. The Morgan fingerprint density at radius 1 is 1.05 bits per heavy atom. The third-order valence-corrected chi connectivity index (χ3v) is 3.12. The zero-order valence-corrected chi connectivity index (χ0v) is 10.6. The Hall–Kier alpha value is -1.81. The summed E-state index contributed by atoms with van der Waals surface area (Å²) in [6.07, 6.45) is 0. The molecule has 0 amide bonds. The van der Waals surface area contributed by atoms with E-state index in [0.29, 0.717) is 11.1 Å². The number of carbonyl (C=O) groups excluding carboxylic acids is 1. The summed E-state index contributed by atoms with van der Waals surface area (Å²) < 4.78 is 39.4. The minimum Gasteiger partial charge on any atom is -0.288 e. The van der Waals surface area contributed by atoms with Crippen molar-refractivity contribution in [3.05, 3.63) is 69.5 Å². The van der Waals surface area contributed by atoms with Crippen LogP contribution in [-0.4, -0.2) is 5.78 Å². The predicted octanol–water partition coefficient (Wildman–Crippen LogP) is 4.30. The molecule has 5 heteroatoms. The Morgan fingerprint density at radius 3 is 2.37 bits per heavy atom. The molecule has 0 aromatic heterocycles. The maximum Gasteiger partial charge on any atom is 0.196 e. The molecule has 0 unspecified atom stereocenters. The molecule has 2 aromatic rings. The highest BCUT2D eigenvalue weighted by atomic mass is 35.5. The molecule has 0 aliphatic rings. The Labute approximate surface area is 112 Å². The minimum atomic E-state index is -1.66. The Morgan fingerprint density at radius 2 is 1.74 bits per heavy atom. The Kier molecular flexibility index (Phi) is 3.62. The van der Waals surface area contributed by atoms with Gasteiger partial charge in [-0.2, -0.15) is 0 Å². The molecule has 1 nitrogen and oxygen atoms in total. The summed E-state index contributed by atoms with van der Waals surface area (Å²) in [4.78, 5) is 12.0. The fraction of sp³-hybridized carbons (Fsp3) is 0.0714. The van der Waals surface area contributed by atoms with E-state index in [1.54, 1.807) is 13.0 Å². The van der Waals surface area contributed by atoms with Gasteiger partial charge >= 0.3 is 0 Å². The number of hydrogen-bond donors (Lipinski definition) is 0. The van der Waals surface area contributed by atoms with Crippen LogP contribution in [-0.2, 0) is 0 Å². The minimum absolute atomic E-state index is 0.112. The van der Waals surface area contributed by atoms with Crippen LogP contribution < -0.4 is 0 Å². The van der Waals surface area contributed by atoms with Crippen molar-refractivity contribution in [3.63, 3.8) is 0 Å². The molecule has 2 aromatic carbocycles. The molecule has 0 atom stereocenters.